The molecular formula is C15H20N2OS2. The lowest BCUT2D eigenvalue weighted by molar-refractivity contribution is 0.267. The van der Waals surface area contributed by atoms with E-state index < -0.39 is 0 Å². The summed E-state index contributed by atoms with van der Waals surface area (Å²) in [7, 11) is 0. The van der Waals surface area contributed by atoms with E-state index in [2.05, 4.69) is 11.9 Å². The first-order valence-electron chi connectivity index (χ1n) is 7.35. The number of hydrogen-bond acceptors (Lipinski definition) is 3. The Labute approximate surface area is 127 Å². The van der Waals surface area contributed by atoms with Crippen molar-refractivity contribution >= 4 is 33.8 Å². The lowest BCUT2D eigenvalue weighted by atomic mass is 9.81. The molecule has 1 fully saturated rings. The number of fused-ring (bicyclic) bond motifs is 1. The number of thiophene rings is 1. The van der Waals surface area contributed by atoms with Gasteiger partial charge in [0.1, 0.15) is 4.70 Å². The largest absolute Gasteiger partial charge is 0.331 e. The molecule has 0 atom stereocenters. The molecule has 1 aliphatic carbocycles. The highest BCUT2D eigenvalue weighted by Gasteiger charge is 2.18. The molecule has 0 aromatic carbocycles. The maximum Gasteiger partial charge on any atom is 0.272 e. The summed E-state index contributed by atoms with van der Waals surface area (Å²) in [4.78, 5) is 15.6. The molecule has 2 aromatic rings. The normalized spacial score (nSPS) is 23.2. The van der Waals surface area contributed by atoms with Crippen molar-refractivity contribution in [2.24, 2.45) is 11.8 Å². The summed E-state index contributed by atoms with van der Waals surface area (Å²) in [6.07, 6.45) is 6.33. The number of aromatic amines is 1. The van der Waals surface area contributed by atoms with Crippen molar-refractivity contribution in [1.82, 2.24) is 9.55 Å². The molecule has 20 heavy (non-hydrogen) atoms. The zero-order valence-electron chi connectivity index (χ0n) is 11.7. The summed E-state index contributed by atoms with van der Waals surface area (Å²) >= 11 is 6.82. The summed E-state index contributed by atoms with van der Waals surface area (Å²) in [5, 5.41) is 1.93. The zero-order valence-corrected chi connectivity index (χ0v) is 13.4. The Bertz CT molecular complexity index is 704. The predicted octanol–water partition coefficient (Wildman–Crippen LogP) is 4.34. The van der Waals surface area contributed by atoms with Gasteiger partial charge in [-0.3, -0.25) is 9.36 Å². The Morgan fingerprint density at radius 1 is 1.40 bits per heavy atom. The molecule has 2 aromatic heterocycles. The van der Waals surface area contributed by atoms with Gasteiger partial charge in [-0.2, -0.15) is 0 Å². The van der Waals surface area contributed by atoms with Crippen LogP contribution in [0, 0.1) is 16.6 Å². The van der Waals surface area contributed by atoms with Crippen LogP contribution in [0.25, 0.3) is 10.2 Å². The Morgan fingerprint density at radius 3 is 2.90 bits per heavy atom. The highest BCUT2D eigenvalue weighted by Crippen LogP contribution is 2.30. The molecule has 0 bridgehead atoms. The minimum absolute atomic E-state index is 0.0722. The minimum atomic E-state index is 0.0722. The molecule has 0 unspecified atom stereocenters. The second kappa shape index (κ2) is 5.82. The number of aromatic nitrogens is 2. The lowest BCUT2D eigenvalue weighted by Crippen LogP contribution is -2.23. The van der Waals surface area contributed by atoms with Crippen molar-refractivity contribution in [3.05, 3.63) is 26.6 Å². The second-order valence-corrected chi connectivity index (χ2v) is 7.27. The SMILES string of the molecule is CC1CCC(CCn2c(=S)[nH]c3ccsc3c2=O)CC1. The average molecular weight is 308 g/mol. The van der Waals surface area contributed by atoms with Gasteiger partial charge < -0.3 is 4.98 Å². The van der Waals surface area contributed by atoms with Gasteiger partial charge >= 0.3 is 0 Å². The van der Waals surface area contributed by atoms with Crippen LogP contribution >= 0.6 is 23.6 Å². The Kier molecular flexibility index (Phi) is 4.08. The molecule has 108 valence electrons. The number of hydrogen-bond donors (Lipinski definition) is 1. The molecule has 3 nitrogen and oxygen atoms in total. The quantitative estimate of drug-likeness (QED) is 0.857. The molecule has 1 N–H and O–H groups in total. The molecule has 5 heteroatoms. The van der Waals surface area contributed by atoms with E-state index in [-0.39, 0.29) is 5.56 Å². The number of rotatable bonds is 3. The molecule has 1 saturated carbocycles. The topological polar surface area (TPSA) is 37.8 Å². The van der Waals surface area contributed by atoms with E-state index in [9.17, 15) is 4.79 Å². The van der Waals surface area contributed by atoms with Crippen LogP contribution in [-0.4, -0.2) is 9.55 Å². The first kappa shape index (κ1) is 14.0. The van der Waals surface area contributed by atoms with Crippen LogP contribution in [0.1, 0.15) is 39.0 Å². The van der Waals surface area contributed by atoms with Gasteiger partial charge in [0, 0.05) is 6.54 Å². The molecule has 3 rings (SSSR count). The summed E-state index contributed by atoms with van der Waals surface area (Å²) in [6, 6.07) is 1.92. The highest BCUT2D eigenvalue weighted by atomic mass is 32.1. The van der Waals surface area contributed by atoms with Crippen molar-refractivity contribution in [2.75, 3.05) is 0 Å². The predicted molar refractivity (Wildman–Crippen MR) is 87.0 cm³/mol. The molecule has 0 aliphatic heterocycles. The van der Waals surface area contributed by atoms with Crippen LogP contribution in [0.15, 0.2) is 16.2 Å². The fraction of sp³-hybridized carbons (Fsp3) is 0.600. The van der Waals surface area contributed by atoms with Crippen molar-refractivity contribution in [3.8, 4) is 0 Å². The standard InChI is InChI=1S/C15H20N2OS2/c1-10-2-4-11(5-3-10)6-8-17-14(18)13-12(7-9-20-13)16-15(17)19/h7,9-11H,2-6,8H2,1H3,(H,16,19). The van der Waals surface area contributed by atoms with Gasteiger partial charge in [-0.15, -0.1) is 11.3 Å². The van der Waals surface area contributed by atoms with Crippen molar-refractivity contribution in [1.29, 1.82) is 0 Å². The van der Waals surface area contributed by atoms with E-state index in [0.717, 1.165) is 35.0 Å². The van der Waals surface area contributed by atoms with E-state index in [1.54, 1.807) is 4.57 Å². The van der Waals surface area contributed by atoms with Crippen LogP contribution in [0.2, 0.25) is 0 Å². The van der Waals surface area contributed by atoms with Gasteiger partial charge in [-0.25, -0.2) is 0 Å². The Morgan fingerprint density at radius 2 is 2.15 bits per heavy atom. The van der Waals surface area contributed by atoms with E-state index >= 15 is 0 Å². The van der Waals surface area contributed by atoms with Gasteiger partial charge in [-0.05, 0) is 41.9 Å². The Balaban J connectivity index is 1.77. The molecule has 0 amide bonds. The van der Waals surface area contributed by atoms with E-state index in [1.807, 2.05) is 11.4 Å². The highest BCUT2D eigenvalue weighted by molar-refractivity contribution is 7.71. The second-order valence-electron chi connectivity index (χ2n) is 5.96. The summed E-state index contributed by atoms with van der Waals surface area (Å²) in [6.45, 7) is 3.09. The van der Waals surface area contributed by atoms with Gasteiger partial charge in [-0.1, -0.05) is 32.6 Å². The van der Waals surface area contributed by atoms with Crippen molar-refractivity contribution < 1.29 is 0 Å². The number of nitrogens with zero attached hydrogens (tertiary/aromatic N) is 1. The van der Waals surface area contributed by atoms with Gasteiger partial charge in [0.2, 0.25) is 0 Å². The lowest BCUT2D eigenvalue weighted by Gasteiger charge is -2.26. The van der Waals surface area contributed by atoms with Gasteiger partial charge in [0.05, 0.1) is 5.52 Å². The van der Waals surface area contributed by atoms with Crippen molar-refractivity contribution in [3.63, 3.8) is 0 Å². The molecule has 0 saturated heterocycles. The monoisotopic (exact) mass is 308 g/mol. The van der Waals surface area contributed by atoms with Crippen LogP contribution in [0.4, 0.5) is 0 Å². The third-order valence-electron chi connectivity index (χ3n) is 4.49. The van der Waals surface area contributed by atoms with Crippen LogP contribution in [0.3, 0.4) is 0 Å². The molecule has 2 heterocycles. The Hall–Kier alpha value is -0.940. The molecule has 0 spiro atoms. The van der Waals surface area contributed by atoms with Crippen molar-refractivity contribution in [2.45, 2.75) is 45.6 Å². The van der Waals surface area contributed by atoms with Gasteiger partial charge in [0.15, 0.2) is 4.77 Å². The van der Waals surface area contributed by atoms with E-state index in [4.69, 9.17) is 12.2 Å². The summed E-state index contributed by atoms with van der Waals surface area (Å²) < 4.78 is 3.09. The molecule has 1 aliphatic rings. The first-order valence-corrected chi connectivity index (χ1v) is 8.64. The average Bonchev–Trinajstić information content (AvgIpc) is 2.89. The van der Waals surface area contributed by atoms with E-state index in [0.29, 0.717) is 4.77 Å². The fourth-order valence-electron chi connectivity index (χ4n) is 3.10. The summed E-state index contributed by atoms with van der Waals surface area (Å²) in [5.41, 5.74) is 0.940. The zero-order chi connectivity index (χ0) is 14.1. The third kappa shape index (κ3) is 2.74. The maximum atomic E-state index is 12.4. The smallest absolute Gasteiger partial charge is 0.272 e. The van der Waals surface area contributed by atoms with Gasteiger partial charge in [0.25, 0.3) is 5.56 Å². The first-order chi connectivity index (χ1) is 9.65. The van der Waals surface area contributed by atoms with E-state index in [1.165, 1.54) is 37.0 Å². The van der Waals surface area contributed by atoms with Crippen LogP contribution in [-0.2, 0) is 6.54 Å². The fourth-order valence-corrected chi connectivity index (χ4v) is 4.18. The summed E-state index contributed by atoms with van der Waals surface area (Å²) in [5.74, 6) is 1.63. The number of nitrogens with one attached hydrogen (secondary N) is 1. The maximum absolute atomic E-state index is 12.4. The van der Waals surface area contributed by atoms with Crippen LogP contribution < -0.4 is 5.56 Å². The number of H-pyrrole nitrogens is 1. The third-order valence-corrected chi connectivity index (χ3v) is 5.71. The molecular weight excluding hydrogens is 288 g/mol. The van der Waals surface area contributed by atoms with Crippen LogP contribution in [0.5, 0.6) is 0 Å². The minimum Gasteiger partial charge on any atom is -0.331 e. The molecule has 0 radical (unpaired) electrons.